The summed E-state index contributed by atoms with van der Waals surface area (Å²) in [6.07, 6.45) is 4.66. The highest BCUT2D eigenvalue weighted by Crippen LogP contribution is 2.34. The van der Waals surface area contributed by atoms with E-state index < -0.39 is 0 Å². The van der Waals surface area contributed by atoms with E-state index in [0.29, 0.717) is 12.0 Å². The Hall–Kier alpha value is -0.870. The standard InChI is InChI=1S/C16H29N3O/c1-6-14-13(11-19(5)18-14)10-17-9-12-7-8-20-15(12)16(2,3)4/h11-12,15,17H,6-10H2,1-5H3/t12-,15+/m1/s1. The number of hydrogen-bond donors (Lipinski definition) is 1. The largest absolute Gasteiger partial charge is 0.377 e. The second kappa shape index (κ2) is 6.27. The Morgan fingerprint density at radius 1 is 1.45 bits per heavy atom. The highest BCUT2D eigenvalue weighted by Gasteiger charge is 2.36. The van der Waals surface area contributed by atoms with Gasteiger partial charge in [0.25, 0.3) is 0 Å². The summed E-state index contributed by atoms with van der Waals surface area (Å²) in [5.41, 5.74) is 2.75. The van der Waals surface area contributed by atoms with Crippen molar-refractivity contribution >= 4 is 0 Å². The Kier molecular flexibility index (Phi) is 4.86. The fraction of sp³-hybridized carbons (Fsp3) is 0.812. The molecule has 1 N–H and O–H groups in total. The zero-order chi connectivity index (χ0) is 14.8. The molecule has 0 amide bonds. The molecule has 0 radical (unpaired) electrons. The summed E-state index contributed by atoms with van der Waals surface area (Å²) < 4.78 is 7.83. The first kappa shape index (κ1) is 15.5. The van der Waals surface area contributed by atoms with Crippen molar-refractivity contribution in [3.8, 4) is 0 Å². The number of hydrogen-bond acceptors (Lipinski definition) is 3. The molecular formula is C16H29N3O. The maximum atomic E-state index is 5.93. The van der Waals surface area contributed by atoms with Crippen LogP contribution in [-0.4, -0.2) is 29.0 Å². The van der Waals surface area contributed by atoms with E-state index in [-0.39, 0.29) is 5.41 Å². The molecule has 0 spiro atoms. The monoisotopic (exact) mass is 279 g/mol. The minimum atomic E-state index is 0.228. The highest BCUT2D eigenvalue weighted by molar-refractivity contribution is 5.16. The molecule has 1 aromatic heterocycles. The van der Waals surface area contributed by atoms with Gasteiger partial charge in [-0.1, -0.05) is 27.7 Å². The van der Waals surface area contributed by atoms with Crippen molar-refractivity contribution in [3.05, 3.63) is 17.5 Å². The highest BCUT2D eigenvalue weighted by atomic mass is 16.5. The average molecular weight is 279 g/mol. The van der Waals surface area contributed by atoms with E-state index in [1.165, 1.54) is 17.7 Å². The molecule has 2 atom stereocenters. The van der Waals surface area contributed by atoms with E-state index in [9.17, 15) is 0 Å². The van der Waals surface area contributed by atoms with Gasteiger partial charge in [-0.25, -0.2) is 0 Å². The third-order valence-corrected chi connectivity index (χ3v) is 4.12. The molecule has 1 fully saturated rings. The summed E-state index contributed by atoms with van der Waals surface area (Å²) in [5.74, 6) is 0.622. The van der Waals surface area contributed by atoms with Crippen molar-refractivity contribution in [3.63, 3.8) is 0 Å². The van der Waals surface area contributed by atoms with Crippen LogP contribution < -0.4 is 5.32 Å². The van der Waals surface area contributed by atoms with Crippen LogP contribution in [-0.2, 0) is 24.8 Å². The molecule has 1 aliphatic rings. The Balaban J connectivity index is 1.86. The first-order valence-electron chi connectivity index (χ1n) is 7.75. The third kappa shape index (κ3) is 3.61. The minimum absolute atomic E-state index is 0.228. The molecule has 0 bridgehead atoms. The molecule has 4 nitrogen and oxygen atoms in total. The lowest BCUT2D eigenvalue weighted by Crippen LogP contribution is -2.36. The van der Waals surface area contributed by atoms with Gasteiger partial charge in [-0.2, -0.15) is 5.10 Å². The van der Waals surface area contributed by atoms with E-state index >= 15 is 0 Å². The van der Waals surface area contributed by atoms with Crippen molar-refractivity contribution in [1.82, 2.24) is 15.1 Å². The molecule has 0 aliphatic carbocycles. The molecule has 0 unspecified atom stereocenters. The van der Waals surface area contributed by atoms with Gasteiger partial charge in [0.1, 0.15) is 0 Å². The summed E-state index contributed by atoms with van der Waals surface area (Å²) >= 11 is 0. The van der Waals surface area contributed by atoms with Gasteiger partial charge >= 0.3 is 0 Å². The van der Waals surface area contributed by atoms with Crippen LogP contribution in [0.3, 0.4) is 0 Å². The van der Waals surface area contributed by atoms with E-state index in [4.69, 9.17) is 4.74 Å². The van der Waals surface area contributed by atoms with E-state index in [0.717, 1.165) is 26.1 Å². The summed E-state index contributed by atoms with van der Waals surface area (Å²) in [4.78, 5) is 0. The molecule has 0 saturated carbocycles. The number of aryl methyl sites for hydroxylation is 2. The van der Waals surface area contributed by atoms with E-state index in [1.54, 1.807) is 0 Å². The average Bonchev–Trinajstić information content (AvgIpc) is 2.95. The summed E-state index contributed by atoms with van der Waals surface area (Å²) in [5, 5.41) is 8.09. The fourth-order valence-corrected chi connectivity index (χ4v) is 3.22. The van der Waals surface area contributed by atoms with Crippen LogP contribution in [0.4, 0.5) is 0 Å². The van der Waals surface area contributed by atoms with Crippen LogP contribution in [0, 0.1) is 11.3 Å². The van der Waals surface area contributed by atoms with Crippen LogP contribution in [0.2, 0.25) is 0 Å². The lowest BCUT2D eigenvalue weighted by molar-refractivity contribution is 0.00720. The van der Waals surface area contributed by atoms with Gasteiger partial charge in [0, 0.05) is 44.4 Å². The first-order chi connectivity index (χ1) is 9.41. The molecule has 4 heteroatoms. The van der Waals surface area contributed by atoms with Crippen LogP contribution >= 0.6 is 0 Å². The number of rotatable bonds is 5. The van der Waals surface area contributed by atoms with Crippen LogP contribution in [0.5, 0.6) is 0 Å². The zero-order valence-corrected chi connectivity index (χ0v) is 13.6. The molecule has 2 heterocycles. The Bertz CT molecular complexity index is 433. The molecular weight excluding hydrogens is 250 g/mol. The quantitative estimate of drug-likeness (QED) is 0.900. The molecule has 1 aromatic rings. The van der Waals surface area contributed by atoms with Crippen molar-refractivity contribution < 1.29 is 4.74 Å². The Labute approximate surface area is 122 Å². The second-order valence-corrected chi connectivity index (χ2v) is 6.97. The summed E-state index contributed by atoms with van der Waals surface area (Å²) in [6, 6.07) is 0. The molecule has 2 rings (SSSR count). The maximum Gasteiger partial charge on any atom is 0.0666 e. The zero-order valence-electron chi connectivity index (χ0n) is 13.6. The Morgan fingerprint density at radius 2 is 2.20 bits per heavy atom. The van der Waals surface area contributed by atoms with Crippen LogP contribution in [0.25, 0.3) is 0 Å². The number of nitrogens with zero attached hydrogens (tertiary/aromatic N) is 2. The molecule has 1 saturated heterocycles. The van der Waals surface area contributed by atoms with Gasteiger partial charge in [-0.05, 0) is 18.3 Å². The van der Waals surface area contributed by atoms with E-state index in [2.05, 4.69) is 44.3 Å². The van der Waals surface area contributed by atoms with E-state index in [1.807, 2.05) is 11.7 Å². The van der Waals surface area contributed by atoms with Crippen molar-refractivity contribution in [2.45, 2.75) is 53.2 Å². The maximum absolute atomic E-state index is 5.93. The van der Waals surface area contributed by atoms with Crippen molar-refractivity contribution in [2.24, 2.45) is 18.4 Å². The third-order valence-electron chi connectivity index (χ3n) is 4.12. The normalized spacial score (nSPS) is 23.4. The molecule has 20 heavy (non-hydrogen) atoms. The van der Waals surface area contributed by atoms with Gasteiger partial charge < -0.3 is 10.1 Å². The lowest BCUT2D eigenvalue weighted by Gasteiger charge is -2.31. The lowest BCUT2D eigenvalue weighted by atomic mass is 9.81. The molecule has 1 aliphatic heterocycles. The van der Waals surface area contributed by atoms with Crippen LogP contribution in [0.15, 0.2) is 6.20 Å². The second-order valence-electron chi connectivity index (χ2n) is 6.97. The van der Waals surface area contributed by atoms with Crippen molar-refractivity contribution in [1.29, 1.82) is 0 Å². The smallest absolute Gasteiger partial charge is 0.0666 e. The van der Waals surface area contributed by atoms with Gasteiger partial charge in [0.2, 0.25) is 0 Å². The summed E-state index contributed by atoms with van der Waals surface area (Å²) in [6.45, 7) is 11.8. The number of nitrogens with one attached hydrogen (secondary N) is 1. The van der Waals surface area contributed by atoms with Gasteiger partial charge in [0.05, 0.1) is 11.8 Å². The predicted octanol–water partition coefficient (Wildman–Crippen LogP) is 2.52. The van der Waals surface area contributed by atoms with Crippen molar-refractivity contribution in [2.75, 3.05) is 13.2 Å². The number of ether oxygens (including phenoxy) is 1. The molecule has 0 aromatic carbocycles. The number of aromatic nitrogens is 2. The van der Waals surface area contributed by atoms with Gasteiger partial charge in [-0.3, -0.25) is 4.68 Å². The van der Waals surface area contributed by atoms with Gasteiger partial charge in [0.15, 0.2) is 0 Å². The summed E-state index contributed by atoms with van der Waals surface area (Å²) in [7, 11) is 1.99. The Morgan fingerprint density at radius 3 is 2.85 bits per heavy atom. The van der Waals surface area contributed by atoms with Crippen LogP contribution in [0.1, 0.15) is 45.4 Å². The van der Waals surface area contributed by atoms with Gasteiger partial charge in [-0.15, -0.1) is 0 Å². The minimum Gasteiger partial charge on any atom is -0.377 e. The topological polar surface area (TPSA) is 39.1 Å². The fourth-order valence-electron chi connectivity index (χ4n) is 3.22. The predicted molar refractivity (Wildman–Crippen MR) is 81.6 cm³/mol. The first-order valence-corrected chi connectivity index (χ1v) is 7.75. The SMILES string of the molecule is CCc1nn(C)cc1CNC[C@H]1CCO[C@@H]1C(C)(C)C. The molecule has 114 valence electrons.